The van der Waals surface area contributed by atoms with Crippen molar-refractivity contribution in [3.8, 4) is 0 Å². The van der Waals surface area contributed by atoms with E-state index in [2.05, 4.69) is 15.3 Å². The maximum Gasteiger partial charge on any atom is 0.411 e. The summed E-state index contributed by atoms with van der Waals surface area (Å²) in [6, 6.07) is 0. The maximum absolute atomic E-state index is 12.9. The number of alkyl halides is 3. The molecule has 0 atom stereocenters. The van der Waals surface area contributed by atoms with Crippen LogP contribution >= 0.6 is 0 Å². The van der Waals surface area contributed by atoms with Gasteiger partial charge in [0.05, 0.1) is 0 Å². The topological polar surface area (TPSA) is 84.7 Å². The van der Waals surface area contributed by atoms with Crippen LogP contribution in [0.5, 0.6) is 0 Å². The zero-order valence-electron chi connectivity index (χ0n) is 11.2. The Morgan fingerprint density at radius 3 is 2.38 bits per heavy atom. The first kappa shape index (κ1) is 13.7. The summed E-state index contributed by atoms with van der Waals surface area (Å²) in [7, 11) is 2.68. The first-order valence-electron chi connectivity index (χ1n) is 6.17. The number of aryl methyl sites for hydroxylation is 1. The van der Waals surface area contributed by atoms with Gasteiger partial charge in [0.2, 0.25) is 5.95 Å². The third kappa shape index (κ3) is 1.85. The molecule has 10 heteroatoms. The van der Waals surface area contributed by atoms with E-state index in [1.54, 1.807) is 0 Å². The molecule has 21 heavy (non-hydrogen) atoms. The molecule has 0 saturated heterocycles. The van der Waals surface area contributed by atoms with Gasteiger partial charge < -0.3 is 10.3 Å². The lowest BCUT2D eigenvalue weighted by atomic mass is 10.3. The van der Waals surface area contributed by atoms with Crippen molar-refractivity contribution in [1.29, 1.82) is 0 Å². The number of aromatic amines is 1. The van der Waals surface area contributed by atoms with E-state index in [1.165, 1.54) is 14.1 Å². The molecule has 114 valence electrons. The van der Waals surface area contributed by atoms with E-state index in [0.29, 0.717) is 0 Å². The number of fused-ring (bicyclic) bond motifs is 1. The number of hydrogen-bond donors (Lipinski definition) is 2. The summed E-state index contributed by atoms with van der Waals surface area (Å²) >= 11 is 0. The van der Waals surface area contributed by atoms with Crippen LogP contribution in [0.3, 0.4) is 0 Å². The molecule has 1 aliphatic rings. The predicted molar refractivity (Wildman–Crippen MR) is 68.2 cm³/mol. The molecule has 0 aliphatic heterocycles. The summed E-state index contributed by atoms with van der Waals surface area (Å²) in [5, 5.41) is 2.30. The molecule has 7 nitrogen and oxygen atoms in total. The predicted octanol–water partition coefficient (Wildman–Crippen LogP) is 0.467. The fourth-order valence-corrected chi connectivity index (χ4v) is 2.22. The lowest BCUT2D eigenvalue weighted by Crippen LogP contribution is -2.39. The highest BCUT2D eigenvalue weighted by atomic mass is 19.4. The standard InChI is InChI=1S/C11H12F3N5O2/c1-18-6-5(7(20)19(2)9(18)21)15-8(16-6)17-10(3-4-10)11(12,13)14/h3-4H2,1-2H3,(H2,15,16,17). The highest BCUT2D eigenvalue weighted by Crippen LogP contribution is 2.50. The second-order valence-electron chi connectivity index (χ2n) is 5.19. The normalized spacial score (nSPS) is 17.2. The molecule has 2 heterocycles. The Morgan fingerprint density at radius 1 is 1.24 bits per heavy atom. The number of nitrogens with zero attached hydrogens (tertiary/aromatic N) is 3. The Hall–Kier alpha value is -2.26. The molecule has 2 aromatic rings. The Labute approximate surface area is 115 Å². The average molecular weight is 303 g/mol. The lowest BCUT2D eigenvalue weighted by molar-refractivity contribution is -0.151. The van der Waals surface area contributed by atoms with Gasteiger partial charge in [0.15, 0.2) is 11.2 Å². The minimum absolute atomic E-state index is 0.0138. The number of aromatic nitrogens is 4. The highest BCUT2D eigenvalue weighted by Gasteiger charge is 2.64. The summed E-state index contributed by atoms with van der Waals surface area (Å²) in [4.78, 5) is 30.1. The molecule has 2 aromatic heterocycles. The molecular formula is C11H12F3N5O2. The molecule has 2 N–H and O–H groups in total. The highest BCUT2D eigenvalue weighted by molar-refractivity contribution is 5.73. The van der Waals surface area contributed by atoms with E-state index in [4.69, 9.17) is 0 Å². The van der Waals surface area contributed by atoms with Crippen LogP contribution < -0.4 is 16.6 Å². The summed E-state index contributed by atoms with van der Waals surface area (Å²) in [6.07, 6.45) is -4.50. The molecule has 0 aromatic carbocycles. The van der Waals surface area contributed by atoms with E-state index < -0.39 is 23.0 Å². The number of imidazole rings is 1. The third-order valence-electron chi connectivity index (χ3n) is 3.75. The van der Waals surface area contributed by atoms with Crippen molar-refractivity contribution in [2.24, 2.45) is 14.1 Å². The number of rotatable bonds is 2. The van der Waals surface area contributed by atoms with Crippen molar-refractivity contribution >= 4 is 17.1 Å². The van der Waals surface area contributed by atoms with Crippen molar-refractivity contribution in [3.63, 3.8) is 0 Å². The van der Waals surface area contributed by atoms with Crippen LogP contribution in [0.2, 0.25) is 0 Å². The average Bonchev–Trinajstić information content (AvgIpc) is 3.06. The van der Waals surface area contributed by atoms with Crippen LogP contribution in [0.1, 0.15) is 12.8 Å². The van der Waals surface area contributed by atoms with Gasteiger partial charge in [0, 0.05) is 14.1 Å². The van der Waals surface area contributed by atoms with Gasteiger partial charge in [0.1, 0.15) is 5.54 Å². The molecule has 0 bridgehead atoms. The molecule has 0 spiro atoms. The van der Waals surface area contributed by atoms with E-state index in [1.807, 2.05) is 0 Å². The summed E-state index contributed by atoms with van der Waals surface area (Å²) in [6.45, 7) is 0. The maximum atomic E-state index is 12.9. The Bertz CT molecular complexity index is 840. The summed E-state index contributed by atoms with van der Waals surface area (Å²) < 4.78 is 40.7. The zero-order chi connectivity index (χ0) is 15.6. The monoisotopic (exact) mass is 303 g/mol. The number of anilines is 1. The van der Waals surface area contributed by atoms with Gasteiger partial charge in [-0.2, -0.15) is 18.2 Å². The van der Waals surface area contributed by atoms with Gasteiger partial charge in [0.25, 0.3) is 5.56 Å². The Balaban J connectivity index is 2.12. The number of hydrogen-bond acceptors (Lipinski definition) is 4. The molecule has 0 unspecified atom stereocenters. The molecule has 0 radical (unpaired) electrons. The first-order valence-corrected chi connectivity index (χ1v) is 6.17. The molecule has 3 rings (SSSR count). The van der Waals surface area contributed by atoms with Gasteiger partial charge >= 0.3 is 11.9 Å². The van der Waals surface area contributed by atoms with Crippen LogP contribution in [0.25, 0.3) is 11.2 Å². The van der Waals surface area contributed by atoms with Gasteiger partial charge in [-0.25, -0.2) is 4.79 Å². The lowest BCUT2D eigenvalue weighted by Gasteiger charge is -2.19. The summed E-state index contributed by atoms with van der Waals surface area (Å²) in [5.41, 5.74) is -3.22. The largest absolute Gasteiger partial charge is 0.411 e. The van der Waals surface area contributed by atoms with Gasteiger partial charge in [-0.3, -0.25) is 13.9 Å². The Morgan fingerprint density at radius 2 is 1.86 bits per heavy atom. The second-order valence-corrected chi connectivity index (χ2v) is 5.19. The number of nitrogens with one attached hydrogen (secondary N) is 2. The van der Waals surface area contributed by atoms with Gasteiger partial charge in [-0.1, -0.05) is 0 Å². The van der Waals surface area contributed by atoms with Crippen LogP contribution in [-0.2, 0) is 14.1 Å². The molecule has 0 amide bonds. The zero-order valence-corrected chi connectivity index (χ0v) is 11.2. The van der Waals surface area contributed by atoms with Gasteiger partial charge in [-0.05, 0) is 12.8 Å². The van der Waals surface area contributed by atoms with Crippen LogP contribution in [0.4, 0.5) is 19.1 Å². The van der Waals surface area contributed by atoms with E-state index in [0.717, 1.165) is 9.13 Å². The molecule has 1 aliphatic carbocycles. The van der Waals surface area contributed by atoms with Crippen molar-refractivity contribution in [1.82, 2.24) is 19.1 Å². The fraction of sp³-hybridized carbons (Fsp3) is 0.545. The second kappa shape index (κ2) is 3.89. The minimum atomic E-state index is -4.40. The van der Waals surface area contributed by atoms with Crippen LogP contribution in [0, 0.1) is 0 Å². The quantitative estimate of drug-likeness (QED) is 0.844. The SMILES string of the molecule is Cn1c(=O)c2[nH]c(NC3(C(F)(F)F)CC3)nc2n(C)c1=O. The molecule has 1 fully saturated rings. The molecule has 1 saturated carbocycles. The smallest absolute Gasteiger partial charge is 0.342 e. The van der Waals surface area contributed by atoms with E-state index >= 15 is 0 Å². The van der Waals surface area contributed by atoms with Crippen LogP contribution in [-0.4, -0.2) is 30.8 Å². The van der Waals surface area contributed by atoms with Crippen molar-refractivity contribution < 1.29 is 13.2 Å². The van der Waals surface area contributed by atoms with Crippen molar-refractivity contribution in [3.05, 3.63) is 20.8 Å². The number of halogens is 3. The Kier molecular flexibility index (Phi) is 2.54. The van der Waals surface area contributed by atoms with Gasteiger partial charge in [-0.15, -0.1) is 0 Å². The fourth-order valence-electron chi connectivity index (χ4n) is 2.22. The molecular weight excluding hydrogens is 291 g/mol. The summed E-state index contributed by atoms with van der Waals surface area (Å²) in [5.74, 6) is -0.168. The minimum Gasteiger partial charge on any atom is -0.342 e. The van der Waals surface area contributed by atoms with Crippen molar-refractivity contribution in [2.45, 2.75) is 24.6 Å². The number of H-pyrrole nitrogens is 1. The third-order valence-corrected chi connectivity index (χ3v) is 3.75. The van der Waals surface area contributed by atoms with E-state index in [-0.39, 0.29) is 30.0 Å². The van der Waals surface area contributed by atoms with E-state index in [9.17, 15) is 22.8 Å². The van der Waals surface area contributed by atoms with Crippen LogP contribution in [0.15, 0.2) is 9.59 Å². The van der Waals surface area contributed by atoms with Crippen molar-refractivity contribution in [2.75, 3.05) is 5.32 Å². The first-order chi connectivity index (χ1) is 9.66.